The smallest absolute Gasteiger partial charge is 0.335 e. The molecule has 82 valence electrons. The molecule has 5 N–H and O–H groups in total. The zero-order valence-corrected chi connectivity index (χ0v) is 7.90. The van der Waals surface area contributed by atoms with Crippen LogP contribution in [0.5, 0.6) is 0 Å². The van der Waals surface area contributed by atoms with E-state index in [9.17, 15) is 14.4 Å². The number of nitrogen functional groups attached to an aromatic ring is 1. The molecule has 0 unspecified atom stereocenters. The third-order valence-electron chi connectivity index (χ3n) is 2.11. The van der Waals surface area contributed by atoms with Crippen LogP contribution in [-0.2, 0) is 0 Å². The lowest BCUT2D eigenvalue weighted by Crippen LogP contribution is -2.29. The van der Waals surface area contributed by atoms with Gasteiger partial charge in [-0.25, -0.2) is 4.79 Å². The number of nitrogens with two attached hydrogens (primary N) is 1. The summed E-state index contributed by atoms with van der Waals surface area (Å²) in [5.74, 6) is -1.17. The third-order valence-corrected chi connectivity index (χ3v) is 2.11. The van der Waals surface area contributed by atoms with Crippen LogP contribution >= 0.6 is 0 Å². The predicted octanol–water partition coefficient (Wildman–Crippen LogP) is -0.503. The number of fused-ring (bicyclic) bond motifs is 1. The van der Waals surface area contributed by atoms with Gasteiger partial charge in [-0.3, -0.25) is 9.59 Å². The fourth-order valence-corrected chi connectivity index (χ4v) is 1.38. The van der Waals surface area contributed by atoms with E-state index < -0.39 is 17.1 Å². The van der Waals surface area contributed by atoms with Crippen molar-refractivity contribution < 1.29 is 9.90 Å². The van der Waals surface area contributed by atoms with Gasteiger partial charge in [-0.05, 0) is 12.1 Å². The van der Waals surface area contributed by atoms with Crippen LogP contribution in [0, 0.1) is 0 Å². The van der Waals surface area contributed by atoms with Gasteiger partial charge in [0.15, 0.2) is 0 Å². The highest BCUT2D eigenvalue weighted by Crippen LogP contribution is 2.17. The minimum atomic E-state index is -1.17. The lowest BCUT2D eigenvalue weighted by atomic mass is 10.1. The Balaban J connectivity index is 2.93. The van der Waals surface area contributed by atoms with Crippen LogP contribution in [0.3, 0.4) is 0 Å². The molecule has 1 aromatic carbocycles. The maximum Gasteiger partial charge on any atom is 0.335 e. The van der Waals surface area contributed by atoms with Gasteiger partial charge in [0.1, 0.15) is 0 Å². The molecule has 1 aromatic heterocycles. The number of H-pyrrole nitrogens is 2. The average molecular weight is 221 g/mol. The van der Waals surface area contributed by atoms with Crippen molar-refractivity contribution in [3.05, 3.63) is 38.4 Å². The summed E-state index contributed by atoms with van der Waals surface area (Å²) in [5.41, 5.74) is 4.30. The number of rotatable bonds is 1. The monoisotopic (exact) mass is 221 g/mol. The topological polar surface area (TPSA) is 129 Å². The SMILES string of the molecule is Nc1cc(C(=O)O)cc2[nH]c(=O)c(=O)[nH]c12. The Labute approximate surface area is 87.5 Å². The largest absolute Gasteiger partial charge is 0.478 e. The standard InChI is InChI=1S/C9H7N3O4/c10-4-1-3(9(15)16)2-5-6(4)12-8(14)7(13)11-5/h1-2H,10H2,(H,11,13)(H,12,14)(H,15,16). The summed E-state index contributed by atoms with van der Waals surface area (Å²) < 4.78 is 0. The second-order valence-corrected chi connectivity index (χ2v) is 3.20. The molecule has 16 heavy (non-hydrogen) atoms. The van der Waals surface area contributed by atoms with E-state index in [0.717, 1.165) is 0 Å². The van der Waals surface area contributed by atoms with Crippen molar-refractivity contribution in [3.63, 3.8) is 0 Å². The molecule has 0 radical (unpaired) electrons. The maximum atomic E-state index is 11.0. The summed E-state index contributed by atoms with van der Waals surface area (Å²) in [6, 6.07) is 2.43. The summed E-state index contributed by atoms with van der Waals surface area (Å²) in [6.07, 6.45) is 0. The van der Waals surface area contributed by atoms with Gasteiger partial charge in [-0.1, -0.05) is 0 Å². The van der Waals surface area contributed by atoms with Crippen molar-refractivity contribution in [1.82, 2.24) is 9.97 Å². The van der Waals surface area contributed by atoms with E-state index in [4.69, 9.17) is 10.8 Å². The van der Waals surface area contributed by atoms with E-state index in [0.29, 0.717) is 0 Å². The predicted molar refractivity (Wildman–Crippen MR) is 56.6 cm³/mol. The van der Waals surface area contributed by atoms with E-state index in [1.807, 2.05) is 0 Å². The van der Waals surface area contributed by atoms with E-state index in [-0.39, 0.29) is 22.3 Å². The van der Waals surface area contributed by atoms with E-state index in [1.54, 1.807) is 0 Å². The molecule has 7 heteroatoms. The van der Waals surface area contributed by atoms with Crippen molar-refractivity contribution in [1.29, 1.82) is 0 Å². The Morgan fingerprint density at radius 2 is 1.81 bits per heavy atom. The molecule has 0 spiro atoms. The number of carboxylic acid groups (broad SMARTS) is 1. The molecule has 0 saturated carbocycles. The second-order valence-electron chi connectivity index (χ2n) is 3.20. The van der Waals surface area contributed by atoms with Crippen LogP contribution in [0.4, 0.5) is 5.69 Å². The molecule has 0 fully saturated rings. The molecule has 0 aliphatic carbocycles. The fourth-order valence-electron chi connectivity index (χ4n) is 1.38. The summed E-state index contributed by atoms with van der Waals surface area (Å²) in [4.78, 5) is 37.3. The second kappa shape index (κ2) is 3.23. The summed E-state index contributed by atoms with van der Waals surface area (Å²) in [5, 5.41) is 8.77. The first-order valence-electron chi connectivity index (χ1n) is 4.28. The van der Waals surface area contributed by atoms with Crippen molar-refractivity contribution in [2.75, 3.05) is 5.73 Å². The van der Waals surface area contributed by atoms with Gasteiger partial charge in [0.2, 0.25) is 0 Å². The molecule has 1 heterocycles. The van der Waals surface area contributed by atoms with Crippen LogP contribution in [-0.4, -0.2) is 21.0 Å². The van der Waals surface area contributed by atoms with E-state index >= 15 is 0 Å². The molecule has 0 saturated heterocycles. The highest BCUT2D eigenvalue weighted by Gasteiger charge is 2.09. The van der Waals surface area contributed by atoms with Crippen LogP contribution in [0.15, 0.2) is 21.7 Å². The molecule has 2 aromatic rings. The molecule has 0 bridgehead atoms. The Kier molecular flexibility index (Phi) is 2.01. The number of aromatic nitrogens is 2. The van der Waals surface area contributed by atoms with Crippen LogP contribution in [0.1, 0.15) is 10.4 Å². The molecule has 0 aliphatic rings. The number of carbonyl (C=O) groups is 1. The third kappa shape index (κ3) is 1.44. The first-order chi connectivity index (χ1) is 7.49. The van der Waals surface area contributed by atoms with Crippen LogP contribution in [0.25, 0.3) is 11.0 Å². The summed E-state index contributed by atoms with van der Waals surface area (Å²) >= 11 is 0. The minimum Gasteiger partial charge on any atom is -0.478 e. The Hall–Kier alpha value is -2.57. The number of hydrogen-bond donors (Lipinski definition) is 4. The van der Waals surface area contributed by atoms with Gasteiger partial charge in [-0.15, -0.1) is 0 Å². The molecular weight excluding hydrogens is 214 g/mol. The summed E-state index contributed by atoms with van der Waals surface area (Å²) in [6.45, 7) is 0. The maximum absolute atomic E-state index is 11.0. The molecular formula is C9H7N3O4. The van der Waals surface area contributed by atoms with Gasteiger partial charge >= 0.3 is 17.1 Å². The van der Waals surface area contributed by atoms with E-state index in [2.05, 4.69) is 9.97 Å². The lowest BCUT2D eigenvalue weighted by Gasteiger charge is -2.03. The fraction of sp³-hybridized carbons (Fsp3) is 0. The summed E-state index contributed by atoms with van der Waals surface area (Å²) in [7, 11) is 0. The normalized spacial score (nSPS) is 10.5. The van der Waals surface area contributed by atoms with Crippen molar-refractivity contribution in [2.45, 2.75) is 0 Å². The van der Waals surface area contributed by atoms with Crippen LogP contribution < -0.4 is 16.9 Å². The highest BCUT2D eigenvalue weighted by atomic mass is 16.4. The first-order valence-corrected chi connectivity index (χ1v) is 4.28. The van der Waals surface area contributed by atoms with Gasteiger partial charge in [0, 0.05) is 0 Å². The molecule has 0 amide bonds. The van der Waals surface area contributed by atoms with E-state index in [1.165, 1.54) is 12.1 Å². The quantitative estimate of drug-likeness (QED) is 0.381. The number of nitrogens with one attached hydrogen (secondary N) is 2. The van der Waals surface area contributed by atoms with Crippen LogP contribution in [0.2, 0.25) is 0 Å². The number of anilines is 1. The average Bonchev–Trinajstić information content (AvgIpc) is 2.20. The Morgan fingerprint density at radius 1 is 1.19 bits per heavy atom. The van der Waals surface area contributed by atoms with Crippen molar-refractivity contribution in [2.24, 2.45) is 0 Å². The number of hydrogen-bond acceptors (Lipinski definition) is 4. The van der Waals surface area contributed by atoms with Crippen molar-refractivity contribution >= 4 is 22.7 Å². The zero-order valence-electron chi connectivity index (χ0n) is 7.90. The molecule has 7 nitrogen and oxygen atoms in total. The lowest BCUT2D eigenvalue weighted by molar-refractivity contribution is 0.0697. The Bertz CT molecular complexity index is 698. The van der Waals surface area contributed by atoms with Crippen molar-refractivity contribution in [3.8, 4) is 0 Å². The van der Waals surface area contributed by atoms with Gasteiger partial charge < -0.3 is 20.8 Å². The number of carboxylic acids is 1. The number of benzene rings is 1. The number of aromatic amines is 2. The van der Waals surface area contributed by atoms with Gasteiger partial charge in [-0.2, -0.15) is 0 Å². The van der Waals surface area contributed by atoms with Gasteiger partial charge in [0.25, 0.3) is 0 Å². The molecule has 0 aliphatic heterocycles. The highest BCUT2D eigenvalue weighted by molar-refractivity contribution is 5.97. The zero-order chi connectivity index (χ0) is 11.9. The minimum absolute atomic E-state index is 0.0623. The molecule has 2 rings (SSSR count). The first kappa shape index (κ1) is 9.97. The molecule has 0 atom stereocenters. The number of aromatic carboxylic acids is 1. The Morgan fingerprint density at radius 3 is 2.44 bits per heavy atom. The van der Waals surface area contributed by atoms with Gasteiger partial charge in [0.05, 0.1) is 22.3 Å².